The van der Waals surface area contributed by atoms with Gasteiger partial charge >= 0.3 is 0 Å². The van der Waals surface area contributed by atoms with E-state index in [1.54, 1.807) is 12.4 Å². The van der Waals surface area contributed by atoms with E-state index in [1.807, 2.05) is 0 Å². The number of ether oxygens (including phenoxy) is 1. The molecule has 0 bridgehead atoms. The van der Waals surface area contributed by atoms with Crippen molar-refractivity contribution in [1.82, 2.24) is 9.97 Å². The van der Waals surface area contributed by atoms with Gasteiger partial charge in [-0.2, -0.15) is 0 Å². The topological polar surface area (TPSA) is 47.0 Å². The van der Waals surface area contributed by atoms with E-state index < -0.39 is 0 Å². The SMILES string of the molecule is CC(Nc1ncc(Cl)cn1)C1CCOCC1. The summed E-state index contributed by atoms with van der Waals surface area (Å²) in [7, 11) is 0. The standard InChI is InChI=1S/C11H16ClN3O/c1-8(9-2-4-16-5-3-9)15-11-13-6-10(12)7-14-11/h6-9H,2-5H2,1H3,(H,13,14,15). The zero-order chi connectivity index (χ0) is 11.4. The molecule has 4 nitrogen and oxygen atoms in total. The molecule has 0 aliphatic carbocycles. The first-order valence-corrected chi connectivity index (χ1v) is 5.95. The maximum absolute atomic E-state index is 5.73. The molecular weight excluding hydrogens is 226 g/mol. The van der Waals surface area contributed by atoms with Gasteiger partial charge in [0.1, 0.15) is 0 Å². The van der Waals surface area contributed by atoms with Crippen LogP contribution in [0.3, 0.4) is 0 Å². The lowest BCUT2D eigenvalue weighted by Gasteiger charge is -2.28. The van der Waals surface area contributed by atoms with Gasteiger partial charge in [-0.05, 0) is 25.7 Å². The molecule has 1 unspecified atom stereocenters. The molecule has 0 aromatic carbocycles. The third kappa shape index (κ3) is 3.06. The summed E-state index contributed by atoms with van der Waals surface area (Å²) < 4.78 is 5.34. The highest BCUT2D eigenvalue weighted by atomic mass is 35.5. The van der Waals surface area contributed by atoms with Crippen LogP contribution in [0, 0.1) is 5.92 Å². The fraction of sp³-hybridized carbons (Fsp3) is 0.636. The first kappa shape index (κ1) is 11.6. The minimum absolute atomic E-state index is 0.366. The summed E-state index contributed by atoms with van der Waals surface area (Å²) in [5.74, 6) is 1.27. The van der Waals surface area contributed by atoms with Crippen LogP contribution in [0.5, 0.6) is 0 Å². The third-order valence-corrected chi connectivity index (χ3v) is 3.15. The Kier molecular flexibility index (Phi) is 3.96. The number of rotatable bonds is 3. The maximum atomic E-state index is 5.73. The van der Waals surface area contributed by atoms with Crippen molar-refractivity contribution < 1.29 is 4.74 Å². The second-order valence-corrected chi connectivity index (χ2v) is 4.54. The lowest BCUT2D eigenvalue weighted by molar-refractivity contribution is 0.0621. The Morgan fingerprint density at radius 2 is 2.00 bits per heavy atom. The number of halogens is 1. The lowest BCUT2D eigenvalue weighted by atomic mass is 9.93. The molecule has 0 radical (unpaired) electrons. The Bertz CT molecular complexity index is 325. The Balaban J connectivity index is 1.90. The van der Waals surface area contributed by atoms with Crippen LogP contribution in [0.15, 0.2) is 12.4 Å². The van der Waals surface area contributed by atoms with Crippen molar-refractivity contribution in [1.29, 1.82) is 0 Å². The summed E-state index contributed by atoms with van der Waals surface area (Å²) in [6, 6.07) is 0.366. The minimum atomic E-state index is 0.366. The molecule has 1 atom stereocenters. The van der Waals surface area contributed by atoms with Crippen LogP contribution >= 0.6 is 11.6 Å². The Hall–Kier alpha value is -0.870. The number of hydrogen-bond donors (Lipinski definition) is 1. The molecule has 1 aliphatic rings. The summed E-state index contributed by atoms with van der Waals surface area (Å²) in [5.41, 5.74) is 0. The van der Waals surface area contributed by atoms with Crippen molar-refractivity contribution in [3.05, 3.63) is 17.4 Å². The van der Waals surface area contributed by atoms with Crippen molar-refractivity contribution in [3.63, 3.8) is 0 Å². The number of nitrogens with zero attached hydrogens (tertiary/aromatic N) is 2. The Morgan fingerprint density at radius 3 is 2.62 bits per heavy atom. The zero-order valence-electron chi connectivity index (χ0n) is 9.32. The van der Waals surface area contributed by atoms with Crippen LogP contribution in [-0.2, 0) is 4.74 Å². The highest BCUT2D eigenvalue weighted by Crippen LogP contribution is 2.20. The molecule has 1 aromatic rings. The zero-order valence-corrected chi connectivity index (χ0v) is 10.1. The van der Waals surface area contributed by atoms with Gasteiger partial charge in [0.15, 0.2) is 0 Å². The van der Waals surface area contributed by atoms with Crippen molar-refractivity contribution in [3.8, 4) is 0 Å². The number of anilines is 1. The molecule has 1 saturated heterocycles. The van der Waals surface area contributed by atoms with Gasteiger partial charge in [0.25, 0.3) is 0 Å². The van der Waals surface area contributed by atoms with E-state index in [0.717, 1.165) is 26.1 Å². The molecule has 1 fully saturated rings. The van der Waals surface area contributed by atoms with Gasteiger partial charge in [-0.3, -0.25) is 0 Å². The molecule has 1 aliphatic heterocycles. The van der Waals surface area contributed by atoms with Gasteiger partial charge in [0, 0.05) is 19.3 Å². The van der Waals surface area contributed by atoms with E-state index in [2.05, 4.69) is 22.2 Å². The quantitative estimate of drug-likeness (QED) is 0.883. The third-order valence-electron chi connectivity index (χ3n) is 2.95. The molecule has 5 heteroatoms. The largest absolute Gasteiger partial charge is 0.381 e. The predicted molar refractivity (Wildman–Crippen MR) is 63.7 cm³/mol. The van der Waals surface area contributed by atoms with Crippen LogP contribution in [-0.4, -0.2) is 29.2 Å². The van der Waals surface area contributed by atoms with Crippen molar-refractivity contribution in [2.45, 2.75) is 25.8 Å². The lowest BCUT2D eigenvalue weighted by Crippen LogP contribution is -2.31. The minimum Gasteiger partial charge on any atom is -0.381 e. The normalized spacial score (nSPS) is 19.4. The van der Waals surface area contributed by atoms with Crippen LogP contribution in [0.1, 0.15) is 19.8 Å². The van der Waals surface area contributed by atoms with Gasteiger partial charge in [-0.15, -0.1) is 0 Å². The number of nitrogens with one attached hydrogen (secondary N) is 1. The first-order chi connectivity index (χ1) is 7.75. The maximum Gasteiger partial charge on any atom is 0.222 e. The fourth-order valence-corrected chi connectivity index (χ4v) is 2.02. The Morgan fingerprint density at radius 1 is 1.38 bits per heavy atom. The summed E-state index contributed by atoms with van der Waals surface area (Å²) >= 11 is 5.73. The van der Waals surface area contributed by atoms with Crippen LogP contribution in [0.4, 0.5) is 5.95 Å². The fourth-order valence-electron chi connectivity index (χ4n) is 1.92. The van der Waals surface area contributed by atoms with Crippen LogP contribution in [0.2, 0.25) is 5.02 Å². The highest BCUT2D eigenvalue weighted by molar-refractivity contribution is 6.30. The van der Waals surface area contributed by atoms with Gasteiger partial charge < -0.3 is 10.1 Å². The molecular formula is C11H16ClN3O. The smallest absolute Gasteiger partial charge is 0.222 e. The molecule has 1 aromatic heterocycles. The van der Waals surface area contributed by atoms with E-state index in [-0.39, 0.29) is 0 Å². The average Bonchev–Trinajstić information content (AvgIpc) is 2.33. The monoisotopic (exact) mass is 241 g/mol. The van der Waals surface area contributed by atoms with Gasteiger partial charge in [0.05, 0.1) is 17.4 Å². The molecule has 2 rings (SSSR count). The first-order valence-electron chi connectivity index (χ1n) is 5.57. The second kappa shape index (κ2) is 5.46. The Labute approximate surface area is 100 Å². The van der Waals surface area contributed by atoms with E-state index in [4.69, 9.17) is 16.3 Å². The van der Waals surface area contributed by atoms with E-state index in [9.17, 15) is 0 Å². The van der Waals surface area contributed by atoms with Gasteiger partial charge in [0.2, 0.25) is 5.95 Å². The second-order valence-electron chi connectivity index (χ2n) is 4.11. The molecule has 0 saturated carbocycles. The molecule has 2 heterocycles. The van der Waals surface area contributed by atoms with E-state index in [0.29, 0.717) is 22.9 Å². The number of hydrogen-bond acceptors (Lipinski definition) is 4. The van der Waals surface area contributed by atoms with Crippen LogP contribution in [0.25, 0.3) is 0 Å². The van der Waals surface area contributed by atoms with Gasteiger partial charge in [-0.1, -0.05) is 11.6 Å². The summed E-state index contributed by atoms with van der Waals surface area (Å²) in [6.45, 7) is 3.88. The summed E-state index contributed by atoms with van der Waals surface area (Å²) in [6.07, 6.45) is 5.41. The number of aromatic nitrogens is 2. The predicted octanol–water partition coefficient (Wildman–Crippen LogP) is 2.36. The highest BCUT2D eigenvalue weighted by Gasteiger charge is 2.20. The molecule has 1 N–H and O–H groups in total. The summed E-state index contributed by atoms with van der Waals surface area (Å²) in [4.78, 5) is 8.26. The van der Waals surface area contributed by atoms with Crippen molar-refractivity contribution in [2.75, 3.05) is 18.5 Å². The molecule has 88 valence electrons. The van der Waals surface area contributed by atoms with E-state index >= 15 is 0 Å². The molecule has 16 heavy (non-hydrogen) atoms. The summed E-state index contributed by atoms with van der Waals surface area (Å²) in [5, 5.41) is 3.86. The van der Waals surface area contributed by atoms with E-state index in [1.165, 1.54) is 0 Å². The molecule has 0 amide bonds. The average molecular weight is 242 g/mol. The van der Waals surface area contributed by atoms with Crippen molar-refractivity contribution >= 4 is 17.5 Å². The van der Waals surface area contributed by atoms with Crippen molar-refractivity contribution in [2.24, 2.45) is 5.92 Å². The molecule has 0 spiro atoms. The van der Waals surface area contributed by atoms with Crippen LogP contribution < -0.4 is 5.32 Å². The van der Waals surface area contributed by atoms with Gasteiger partial charge in [-0.25, -0.2) is 9.97 Å².